The van der Waals surface area contributed by atoms with Crippen LogP contribution in [-0.2, 0) is 0 Å². The highest BCUT2D eigenvalue weighted by molar-refractivity contribution is 7.13. The fourth-order valence-corrected chi connectivity index (χ4v) is 2.88. The maximum absolute atomic E-state index is 12.0. The third kappa shape index (κ3) is 3.61. The lowest BCUT2D eigenvalue weighted by Gasteiger charge is -1.99. The molecule has 1 aromatic carbocycles. The zero-order chi connectivity index (χ0) is 16.2. The minimum absolute atomic E-state index is 0.253. The normalized spacial score (nSPS) is 11.0. The van der Waals surface area contributed by atoms with Gasteiger partial charge in [0.25, 0.3) is 5.91 Å². The van der Waals surface area contributed by atoms with Gasteiger partial charge >= 0.3 is 0 Å². The monoisotopic (exact) mass is 364 g/mol. The molecule has 2 aromatic heterocycles. The number of benzene rings is 1. The van der Waals surface area contributed by atoms with E-state index < -0.39 is 5.91 Å². The van der Waals surface area contributed by atoms with E-state index in [0.717, 1.165) is 10.6 Å². The van der Waals surface area contributed by atoms with Crippen molar-refractivity contribution in [3.05, 3.63) is 63.1 Å². The van der Waals surface area contributed by atoms with Gasteiger partial charge in [0.15, 0.2) is 5.69 Å². The van der Waals surface area contributed by atoms with Gasteiger partial charge in [-0.05, 0) is 23.6 Å². The van der Waals surface area contributed by atoms with Gasteiger partial charge in [-0.25, -0.2) is 5.43 Å². The van der Waals surface area contributed by atoms with E-state index in [1.165, 1.54) is 6.21 Å². The summed E-state index contributed by atoms with van der Waals surface area (Å²) in [6.07, 6.45) is 1.43. The van der Waals surface area contributed by atoms with E-state index in [2.05, 4.69) is 20.7 Å². The first-order chi connectivity index (χ1) is 11.1. The molecule has 5 nitrogen and oxygen atoms in total. The summed E-state index contributed by atoms with van der Waals surface area (Å²) < 4.78 is 0. The third-order valence-electron chi connectivity index (χ3n) is 2.95. The summed E-state index contributed by atoms with van der Waals surface area (Å²) in [5.41, 5.74) is 4.05. The highest BCUT2D eigenvalue weighted by Crippen LogP contribution is 2.24. The number of amides is 1. The van der Waals surface area contributed by atoms with Crippen LogP contribution in [0.25, 0.3) is 10.6 Å². The lowest BCUT2D eigenvalue weighted by atomic mass is 10.2. The number of H-pyrrole nitrogens is 1. The second-order valence-electron chi connectivity index (χ2n) is 4.49. The van der Waals surface area contributed by atoms with Crippen molar-refractivity contribution in [2.75, 3.05) is 0 Å². The molecule has 0 fully saturated rings. The fourth-order valence-electron chi connectivity index (χ4n) is 1.83. The van der Waals surface area contributed by atoms with Gasteiger partial charge in [-0.15, -0.1) is 11.3 Å². The van der Waals surface area contributed by atoms with Crippen molar-refractivity contribution in [3.8, 4) is 10.6 Å². The molecule has 3 aromatic rings. The largest absolute Gasteiger partial charge is 0.291 e. The van der Waals surface area contributed by atoms with Crippen molar-refractivity contribution in [1.82, 2.24) is 15.6 Å². The Bertz CT molecular complexity index is 858. The van der Waals surface area contributed by atoms with Crippen LogP contribution in [0.5, 0.6) is 0 Å². The number of aromatic nitrogens is 2. The lowest BCUT2D eigenvalue weighted by Crippen LogP contribution is -2.18. The van der Waals surface area contributed by atoms with E-state index >= 15 is 0 Å². The van der Waals surface area contributed by atoms with E-state index in [-0.39, 0.29) is 5.69 Å². The first-order valence-corrected chi connectivity index (χ1v) is 8.15. The molecular formula is C15H10Cl2N4OS. The number of carbonyl (C=O) groups is 1. The molecule has 0 aliphatic heterocycles. The van der Waals surface area contributed by atoms with Gasteiger partial charge in [0.05, 0.1) is 26.8 Å². The summed E-state index contributed by atoms with van der Waals surface area (Å²) >= 11 is 13.5. The molecule has 8 heteroatoms. The zero-order valence-corrected chi connectivity index (χ0v) is 13.9. The molecule has 23 heavy (non-hydrogen) atoms. The van der Waals surface area contributed by atoms with Crippen LogP contribution >= 0.6 is 34.5 Å². The smallest absolute Gasteiger partial charge is 0.276 e. The van der Waals surface area contributed by atoms with Crippen molar-refractivity contribution in [2.45, 2.75) is 0 Å². The van der Waals surface area contributed by atoms with Gasteiger partial charge in [-0.2, -0.15) is 10.2 Å². The highest BCUT2D eigenvalue weighted by atomic mass is 35.5. The van der Waals surface area contributed by atoms with Crippen LogP contribution in [0.2, 0.25) is 10.0 Å². The number of rotatable bonds is 4. The van der Waals surface area contributed by atoms with Crippen molar-refractivity contribution in [2.24, 2.45) is 5.10 Å². The highest BCUT2D eigenvalue weighted by Gasteiger charge is 2.11. The Balaban J connectivity index is 1.68. The first-order valence-electron chi connectivity index (χ1n) is 6.52. The molecule has 2 N–H and O–H groups in total. The molecule has 0 aliphatic carbocycles. The Morgan fingerprint density at radius 3 is 2.96 bits per heavy atom. The number of carbonyl (C=O) groups excluding carboxylic acids is 1. The van der Waals surface area contributed by atoms with E-state index in [1.54, 1.807) is 35.6 Å². The summed E-state index contributed by atoms with van der Waals surface area (Å²) in [6.45, 7) is 0. The van der Waals surface area contributed by atoms with Crippen LogP contribution in [0.1, 0.15) is 16.1 Å². The van der Waals surface area contributed by atoms with E-state index in [9.17, 15) is 4.79 Å². The minimum Gasteiger partial charge on any atom is -0.276 e. The van der Waals surface area contributed by atoms with Gasteiger partial charge in [0.1, 0.15) is 0 Å². The Morgan fingerprint density at radius 1 is 1.30 bits per heavy atom. The minimum atomic E-state index is -0.418. The lowest BCUT2D eigenvalue weighted by molar-refractivity contribution is 0.0950. The predicted octanol–water partition coefficient (Wildman–Crippen LogP) is 4.21. The number of nitrogens with zero attached hydrogens (tertiary/aromatic N) is 2. The predicted molar refractivity (Wildman–Crippen MR) is 93.4 cm³/mol. The molecule has 0 atom stereocenters. The van der Waals surface area contributed by atoms with Crippen LogP contribution in [0.15, 0.2) is 46.9 Å². The molecule has 0 radical (unpaired) electrons. The quantitative estimate of drug-likeness (QED) is 0.537. The summed E-state index contributed by atoms with van der Waals surface area (Å²) in [7, 11) is 0. The van der Waals surface area contributed by atoms with Gasteiger partial charge in [-0.1, -0.05) is 41.4 Å². The van der Waals surface area contributed by atoms with Gasteiger partial charge in [0, 0.05) is 5.56 Å². The topological polar surface area (TPSA) is 70.1 Å². The van der Waals surface area contributed by atoms with Gasteiger partial charge in [0.2, 0.25) is 0 Å². The molecular weight excluding hydrogens is 355 g/mol. The number of halogens is 2. The Kier molecular flexibility index (Phi) is 4.76. The van der Waals surface area contributed by atoms with Crippen molar-refractivity contribution in [1.29, 1.82) is 0 Å². The first kappa shape index (κ1) is 15.7. The molecule has 0 saturated heterocycles. The standard InChI is InChI=1S/C15H10Cl2N4OS/c16-10-4-1-3-9(14(10)17)8-18-21-15(22)12-7-11(19-20-12)13-5-2-6-23-13/h1-8H,(H,19,20)(H,21,22)/b18-8-. The molecule has 2 heterocycles. The number of hydrazone groups is 1. The van der Waals surface area contributed by atoms with Crippen LogP contribution in [0.3, 0.4) is 0 Å². The molecule has 0 spiro atoms. The number of thiophene rings is 1. The molecule has 1 amide bonds. The van der Waals surface area contributed by atoms with Crippen molar-refractivity contribution < 1.29 is 4.79 Å². The van der Waals surface area contributed by atoms with Gasteiger partial charge in [-0.3, -0.25) is 9.89 Å². The molecule has 0 aliphatic rings. The van der Waals surface area contributed by atoms with Crippen molar-refractivity contribution in [3.63, 3.8) is 0 Å². The summed E-state index contributed by atoms with van der Waals surface area (Å²) in [6, 6.07) is 10.7. The van der Waals surface area contributed by atoms with Crippen LogP contribution in [-0.4, -0.2) is 22.3 Å². The average molecular weight is 365 g/mol. The van der Waals surface area contributed by atoms with Gasteiger partial charge < -0.3 is 0 Å². The third-order valence-corrected chi connectivity index (χ3v) is 4.68. The van der Waals surface area contributed by atoms with Crippen LogP contribution in [0.4, 0.5) is 0 Å². The number of aromatic amines is 1. The van der Waals surface area contributed by atoms with E-state index in [4.69, 9.17) is 23.2 Å². The number of hydrogen-bond donors (Lipinski definition) is 2. The summed E-state index contributed by atoms with van der Waals surface area (Å²) in [5, 5.41) is 13.4. The fraction of sp³-hybridized carbons (Fsp3) is 0. The molecule has 0 saturated carbocycles. The van der Waals surface area contributed by atoms with Crippen LogP contribution in [0, 0.1) is 0 Å². The molecule has 116 valence electrons. The molecule has 0 unspecified atom stereocenters. The Hall–Kier alpha value is -2.15. The summed E-state index contributed by atoms with van der Waals surface area (Å²) in [5.74, 6) is -0.418. The Labute approximate surface area is 145 Å². The average Bonchev–Trinajstić information content (AvgIpc) is 3.21. The number of nitrogens with one attached hydrogen (secondary N) is 2. The van der Waals surface area contributed by atoms with Crippen LogP contribution < -0.4 is 5.43 Å². The van der Waals surface area contributed by atoms with E-state index in [0.29, 0.717) is 15.6 Å². The summed E-state index contributed by atoms with van der Waals surface area (Å²) in [4.78, 5) is 13.0. The molecule has 0 bridgehead atoms. The SMILES string of the molecule is O=C(N/N=C\c1cccc(Cl)c1Cl)c1cc(-c2cccs2)[nH]n1. The second kappa shape index (κ2) is 6.95. The zero-order valence-electron chi connectivity index (χ0n) is 11.6. The number of hydrogen-bond acceptors (Lipinski definition) is 4. The maximum atomic E-state index is 12.0. The van der Waals surface area contributed by atoms with E-state index in [1.807, 2.05) is 17.5 Å². The maximum Gasteiger partial charge on any atom is 0.291 e. The molecule has 3 rings (SSSR count). The second-order valence-corrected chi connectivity index (χ2v) is 6.22. The van der Waals surface area contributed by atoms with Crippen molar-refractivity contribution >= 4 is 46.7 Å². The Morgan fingerprint density at radius 2 is 2.17 bits per heavy atom.